The summed E-state index contributed by atoms with van der Waals surface area (Å²) in [5.41, 5.74) is 0. The largest absolute Gasteiger partial charge is 0.396 e. The van der Waals surface area contributed by atoms with Gasteiger partial charge in [-0.2, -0.15) is 0 Å². The Morgan fingerprint density at radius 2 is 2.11 bits per heavy atom. The lowest BCUT2D eigenvalue weighted by molar-refractivity contribution is 0.235. The van der Waals surface area contributed by atoms with Gasteiger partial charge in [-0.05, 0) is 38.3 Å². The topological polar surface area (TPSA) is 32.3 Å². The minimum absolute atomic E-state index is 0. The number of piperidine rings is 1. The smallest absolute Gasteiger partial charge is 0.0433 e. The quantitative estimate of drug-likeness (QED) is 0.571. The van der Waals surface area contributed by atoms with E-state index in [0.29, 0.717) is 6.61 Å². The summed E-state index contributed by atoms with van der Waals surface area (Å²) in [6.07, 6.45) is 3.50. The van der Waals surface area contributed by atoms with E-state index < -0.39 is 0 Å². The molecule has 1 heterocycles. The van der Waals surface area contributed by atoms with Gasteiger partial charge < -0.3 is 10.4 Å². The lowest BCUT2D eigenvalue weighted by atomic mass is 9.95. The highest BCUT2D eigenvalue weighted by Crippen LogP contribution is 2.14. The molecule has 0 atom stereocenters. The van der Waals surface area contributed by atoms with Gasteiger partial charge in [0.15, 0.2) is 0 Å². The van der Waals surface area contributed by atoms with Gasteiger partial charge in [0.05, 0.1) is 0 Å². The molecule has 0 aromatic carbocycles. The molecule has 0 bridgehead atoms. The van der Waals surface area contributed by atoms with Gasteiger partial charge in [-0.3, -0.25) is 0 Å². The van der Waals surface area contributed by atoms with Crippen molar-refractivity contribution in [3.05, 3.63) is 0 Å². The number of aliphatic hydroxyl groups is 1. The number of hydrogen-bond donors (Lipinski definition) is 2. The first-order valence-corrected chi connectivity index (χ1v) is 3.75. The van der Waals surface area contributed by atoms with E-state index in [1.54, 1.807) is 0 Å². The zero-order chi connectivity index (χ0) is 6.53. The third-order valence-corrected chi connectivity index (χ3v) is 2.00. The first kappa shape index (κ1) is 7.03. The number of nitrogens with one attached hydrogen (secondary N) is 1. The Labute approximate surface area is 57.8 Å². The van der Waals surface area contributed by atoms with Crippen molar-refractivity contribution in [2.45, 2.75) is 19.3 Å². The average Bonchev–Trinajstić information content (AvgIpc) is 1.91. The summed E-state index contributed by atoms with van der Waals surface area (Å²) in [5, 5.41) is 11.9. The summed E-state index contributed by atoms with van der Waals surface area (Å²) < 4.78 is 0. The van der Waals surface area contributed by atoms with E-state index in [1.165, 1.54) is 12.8 Å². The fraction of sp³-hybridized carbons (Fsp3) is 1.00. The van der Waals surface area contributed by atoms with E-state index in [9.17, 15) is 0 Å². The maximum Gasteiger partial charge on any atom is 0.0433 e. The second-order valence-electron chi connectivity index (χ2n) is 2.71. The summed E-state index contributed by atoms with van der Waals surface area (Å²) in [6.45, 7) is 2.65. The van der Waals surface area contributed by atoms with Crippen molar-refractivity contribution >= 4 is 0 Å². The van der Waals surface area contributed by atoms with Crippen molar-refractivity contribution in [1.29, 1.82) is 0 Å². The highest BCUT2D eigenvalue weighted by atomic mass is 16.3. The Morgan fingerprint density at radius 1 is 1.44 bits per heavy atom. The molecular weight excluding hydrogens is 114 g/mol. The molecule has 0 saturated carbocycles. The first-order chi connectivity index (χ1) is 4.43. The van der Waals surface area contributed by atoms with E-state index >= 15 is 0 Å². The standard InChI is InChI=1S/C7H15NO.H/c9-6-3-7-1-4-8-5-2-7;/h7-9H,1-6H2;/i;1+1. The molecule has 2 N–H and O–H groups in total. The van der Waals surface area contributed by atoms with Gasteiger partial charge in [-0.15, -0.1) is 0 Å². The normalized spacial score (nSPS) is 22.3. The molecule has 0 amide bonds. The van der Waals surface area contributed by atoms with Crippen LogP contribution in [-0.4, -0.2) is 24.8 Å². The Kier molecular flexibility index (Phi) is 3.01. The highest BCUT2D eigenvalue weighted by molar-refractivity contribution is 4.67. The van der Waals surface area contributed by atoms with Crippen molar-refractivity contribution in [2.24, 2.45) is 5.92 Å². The van der Waals surface area contributed by atoms with Crippen molar-refractivity contribution in [3.8, 4) is 0 Å². The fourth-order valence-electron chi connectivity index (χ4n) is 1.35. The minimum Gasteiger partial charge on any atom is -0.396 e. The molecule has 0 spiro atoms. The van der Waals surface area contributed by atoms with Crippen LogP contribution < -0.4 is 5.32 Å². The van der Waals surface area contributed by atoms with Gasteiger partial charge in [0.1, 0.15) is 0 Å². The van der Waals surface area contributed by atoms with Gasteiger partial charge in [-0.1, -0.05) is 0 Å². The maximum absolute atomic E-state index is 8.60. The molecule has 0 aromatic heterocycles. The first-order valence-electron chi connectivity index (χ1n) is 3.75. The van der Waals surface area contributed by atoms with E-state index in [2.05, 4.69) is 5.32 Å². The monoisotopic (exact) mass is 131 g/mol. The molecule has 55 valence electrons. The molecule has 0 aliphatic carbocycles. The van der Waals surface area contributed by atoms with Crippen LogP contribution in [0, 0.1) is 5.92 Å². The molecule has 9 heavy (non-hydrogen) atoms. The third kappa shape index (κ3) is 2.33. The minimum atomic E-state index is 0. The van der Waals surface area contributed by atoms with Crippen LogP contribution in [0.5, 0.6) is 0 Å². The van der Waals surface area contributed by atoms with Crippen LogP contribution in [0.2, 0.25) is 0 Å². The van der Waals surface area contributed by atoms with Crippen molar-refractivity contribution in [1.82, 2.24) is 5.32 Å². The van der Waals surface area contributed by atoms with Crippen molar-refractivity contribution < 1.29 is 6.53 Å². The maximum atomic E-state index is 8.60. The summed E-state index contributed by atoms with van der Waals surface area (Å²) in [5.74, 6) is 0.788. The Balaban J connectivity index is 0.000000810. The van der Waals surface area contributed by atoms with Gasteiger partial charge in [0, 0.05) is 8.03 Å². The van der Waals surface area contributed by atoms with Crippen LogP contribution in [0.15, 0.2) is 0 Å². The molecule has 1 aliphatic rings. The zero-order valence-electron chi connectivity index (χ0n) is 6.77. The molecule has 1 saturated heterocycles. The van der Waals surface area contributed by atoms with E-state index in [0.717, 1.165) is 25.4 Å². The Bertz CT molecular complexity index is 71.3. The van der Waals surface area contributed by atoms with Crippen LogP contribution in [0.4, 0.5) is 0 Å². The van der Waals surface area contributed by atoms with Crippen LogP contribution in [-0.2, 0) is 0 Å². The molecule has 2 heteroatoms. The molecule has 2 nitrogen and oxygen atoms in total. The molecule has 1 fully saturated rings. The predicted molar refractivity (Wildman–Crippen MR) is 38.4 cm³/mol. The highest BCUT2D eigenvalue weighted by Gasteiger charge is 2.10. The van der Waals surface area contributed by atoms with Crippen molar-refractivity contribution in [2.75, 3.05) is 19.7 Å². The molecule has 1 rings (SSSR count). The number of aliphatic hydroxyl groups excluding tert-OH is 1. The van der Waals surface area contributed by atoms with Crippen molar-refractivity contribution in [3.63, 3.8) is 0 Å². The van der Waals surface area contributed by atoms with E-state index in [-0.39, 0.29) is 1.43 Å². The molecule has 1 radical (unpaired) electrons. The van der Waals surface area contributed by atoms with Crippen LogP contribution in [0.3, 0.4) is 0 Å². The van der Waals surface area contributed by atoms with Crippen LogP contribution >= 0.6 is 0 Å². The van der Waals surface area contributed by atoms with E-state index in [4.69, 9.17) is 5.11 Å². The molecule has 0 unspecified atom stereocenters. The van der Waals surface area contributed by atoms with E-state index in [1.807, 2.05) is 0 Å². The second kappa shape index (κ2) is 3.85. The van der Waals surface area contributed by atoms with Gasteiger partial charge in [0.2, 0.25) is 0 Å². The fourth-order valence-corrected chi connectivity index (χ4v) is 1.35. The van der Waals surface area contributed by atoms with Gasteiger partial charge >= 0.3 is 0 Å². The summed E-state index contributed by atoms with van der Waals surface area (Å²) in [6, 6.07) is 0. The Morgan fingerprint density at radius 3 is 2.67 bits per heavy atom. The van der Waals surface area contributed by atoms with Gasteiger partial charge in [0.25, 0.3) is 0 Å². The number of hydrogen-bond acceptors (Lipinski definition) is 2. The Hall–Kier alpha value is -0.0800. The summed E-state index contributed by atoms with van der Waals surface area (Å²) >= 11 is 0. The SMILES string of the molecule is OCCC1CCNCC1.[2H]. The molecule has 0 aromatic rings. The van der Waals surface area contributed by atoms with Crippen LogP contribution in [0.25, 0.3) is 0 Å². The molecular formula is C7H16NO. The summed E-state index contributed by atoms with van der Waals surface area (Å²) in [4.78, 5) is 0. The zero-order valence-corrected chi connectivity index (χ0v) is 5.77. The average molecular weight is 131 g/mol. The molecule has 1 aliphatic heterocycles. The van der Waals surface area contributed by atoms with Crippen LogP contribution in [0.1, 0.15) is 20.7 Å². The number of rotatable bonds is 2. The lowest BCUT2D eigenvalue weighted by Gasteiger charge is -2.21. The summed E-state index contributed by atoms with van der Waals surface area (Å²) in [7, 11) is 0. The lowest BCUT2D eigenvalue weighted by Crippen LogP contribution is -2.28. The third-order valence-electron chi connectivity index (χ3n) is 2.00. The second-order valence-corrected chi connectivity index (χ2v) is 2.71. The predicted octanol–water partition coefficient (Wildman–Crippen LogP) is 0.481. The van der Waals surface area contributed by atoms with Gasteiger partial charge in [-0.25, -0.2) is 0 Å².